The van der Waals surface area contributed by atoms with Gasteiger partial charge in [-0.15, -0.1) is 0 Å². The molecular formula is C9H12BrN3. The Morgan fingerprint density at radius 1 is 1.46 bits per heavy atom. The number of nitrogens with zero attached hydrogens (tertiary/aromatic N) is 1. The number of hydrogen-bond donors (Lipinski definition) is 2. The van der Waals surface area contributed by atoms with E-state index in [1.807, 2.05) is 0 Å². The minimum absolute atomic E-state index is 0.598. The summed E-state index contributed by atoms with van der Waals surface area (Å²) >= 11 is 3.42. The second-order valence-corrected chi connectivity index (χ2v) is 4.21. The van der Waals surface area contributed by atoms with Gasteiger partial charge in [-0.1, -0.05) is 0 Å². The Morgan fingerprint density at radius 2 is 2.23 bits per heavy atom. The van der Waals surface area contributed by atoms with Crippen molar-refractivity contribution in [2.24, 2.45) is 0 Å². The van der Waals surface area contributed by atoms with Crippen molar-refractivity contribution < 1.29 is 0 Å². The first-order valence-corrected chi connectivity index (χ1v) is 5.22. The molecule has 1 aliphatic rings. The van der Waals surface area contributed by atoms with Gasteiger partial charge >= 0.3 is 0 Å². The molecule has 1 aromatic rings. The summed E-state index contributed by atoms with van der Waals surface area (Å²) in [5, 5.41) is 3.40. The third kappa shape index (κ3) is 1.77. The molecule has 4 heteroatoms. The molecule has 0 spiro atoms. The summed E-state index contributed by atoms with van der Waals surface area (Å²) in [6.45, 7) is 0. The van der Waals surface area contributed by atoms with Gasteiger partial charge in [-0.05, 0) is 35.2 Å². The Balaban J connectivity index is 2.17. The average Bonchev–Trinajstić information content (AvgIpc) is 2.00. The lowest BCUT2D eigenvalue weighted by Crippen LogP contribution is -2.27. The van der Waals surface area contributed by atoms with Crippen LogP contribution in [0.4, 0.5) is 11.4 Å². The summed E-state index contributed by atoms with van der Waals surface area (Å²) in [6.07, 6.45) is 7.24. The fraction of sp³-hybridized carbons (Fsp3) is 0.444. The molecule has 0 amide bonds. The van der Waals surface area contributed by atoms with E-state index in [4.69, 9.17) is 5.73 Å². The van der Waals surface area contributed by atoms with Crippen molar-refractivity contribution in [3.63, 3.8) is 0 Å². The van der Waals surface area contributed by atoms with Crippen molar-refractivity contribution in [3.05, 3.63) is 16.9 Å². The van der Waals surface area contributed by atoms with Gasteiger partial charge in [0.1, 0.15) is 0 Å². The van der Waals surface area contributed by atoms with Crippen LogP contribution in [0, 0.1) is 0 Å². The molecule has 1 aliphatic carbocycles. The molecule has 0 bridgehead atoms. The van der Waals surface area contributed by atoms with Gasteiger partial charge in [0, 0.05) is 12.2 Å². The number of pyridine rings is 1. The highest BCUT2D eigenvalue weighted by Gasteiger charge is 2.18. The number of nitrogen functional groups attached to an aromatic ring is 1. The van der Waals surface area contributed by atoms with Crippen LogP contribution in [-0.4, -0.2) is 11.0 Å². The number of nitrogens with two attached hydrogens (primary N) is 1. The SMILES string of the molecule is Nc1cncc(Br)c1NC1CCC1. The van der Waals surface area contributed by atoms with E-state index in [2.05, 4.69) is 26.2 Å². The van der Waals surface area contributed by atoms with Crippen LogP contribution >= 0.6 is 15.9 Å². The van der Waals surface area contributed by atoms with E-state index in [1.165, 1.54) is 19.3 Å². The number of hydrogen-bond acceptors (Lipinski definition) is 3. The Bertz CT molecular complexity index is 289. The molecule has 0 radical (unpaired) electrons. The van der Waals surface area contributed by atoms with Gasteiger partial charge in [0.05, 0.1) is 22.0 Å². The molecule has 2 rings (SSSR count). The monoisotopic (exact) mass is 241 g/mol. The highest BCUT2D eigenvalue weighted by Crippen LogP contribution is 2.31. The average molecular weight is 242 g/mol. The van der Waals surface area contributed by atoms with E-state index in [1.54, 1.807) is 12.4 Å². The summed E-state index contributed by atoms with van der Waals surface area (Å²) in [5.74, 6) is 0. The van der Waals surface area contributed by atoms with Crippen molar-refractivity contribution in [3.8, 4) is 0 Å². The van der Waals surface area contributed by atoms with Gasteiger partial charge in [0.15, 0.2) is 0 Å². The van der Waals surface area contributed by atoms with Crippen LogP contribution < -0.4 is 11.1 Å². The Labute approximate surface area is 85.9 Å². The summed E-state index contributed by atoms with van der Waals surface area (Å²) in [5.41, 5.74) is 7.49. The van der Waals surface area contributed by atoms with E-state index < -0.39 is 0 Å². The maximum atomic E-state index is 5.79. The lowest BCUT2D eigenvalue weighted by atomic mass is 9.93. The molecule has 1 fully saturated rings. The zero-order chi connectivity index (χ0) is 9.26. The molecule has 0 atom stereocenters. The van der Waals surface area contributed by atoms with Crippen molar-refractivity contribution in [2.75, 3.05) is 11.1 Å². The first-order chi connectivity index (χ1) is 6.27. The highest BCUT2D eigenvalue weighted by molar-refractivity contribution is 9.10. The van der Waals surface area contributed by atoms with Crippen LogP contribution in [0.1, 0.15) is 19.3 Å². The quantitative estimate of drug-likeness (QED) is 0.837. The first-order valence-electron chi connectivity index (χ1n) is 4.43. The van der Waals surface area contributed by atoms with Crippen molar-refractivity contribution in [1.82, 2.24) is 4.98 Å². The van der Waals surface area contributed by atoms with Gasteiger partial charge in [0.2, 0.25) is 0 Å². The Morgan fingerprint density at radius 3 is 2.77 bits per heavy atom. The van der Waals surface area contributed by atoms with E-state index in [-0.39, 0.29) is 0 Å². The summed E-state index contributed by atoms with van der Waals surface area (Å²) in [4.78, 5) is 3.98. The fourth-order valence-corrected chi connectivity index (χ4v) is 1.82. The van der Waals surface area contributed by atoms with Crippen LogP contribution in [-0.2, 0) is 0 Å². The van der Waals surface area contributed by atoms with Gasteiger partial charge < -0.3 is 11.1 Å². The normalized spacial score (nSPS) is 16.7. The minimum atomic E-state index is 0.598. The second-order valence-electron chi connectivity index (χ2n) is 3.36. The molecule has 0 aliphatic heterocycles. The van der Waals surface area contributed by atoms with E-state index in [0.717, 1.165) is 10.2 Å². The molecule has 3 nitrogen and oxygen atoms in total. The predicted molar refractivity (Wildman–Crippen MR) is 57.6 cm³/mol. The number of nitrogens with one attached hydrogen (secondary N) is 1. The zero-order valence-electron chi connectivity index (χ0n) is 7.26. The van der Waals surface area contributed by atoms with Crippen LogP contribution in [0.15, 0.2) is 16.9 Å². The number of rotatable bonds is 2. The molecule has 0 saturated heterocycles. The smallest absolute Gasteiger partial charge is 0.0752 e. The van der Waals surface area contributed by atoms with Gasteiger partial charge in [-0.25, -0.2) is 0 Å². The van der Waals surface area contributed by atoms with Crippen LogP contribution in [0.3, 0.4) is 0 Å². The lowest BCUT2D eigenvalue weighted by Gasteiger charge is -2.28. The lowest BCUT2D eigenvalue weighted by molar-refractivity contribution is 0.445. The summed E-state index contributed by atoms with van der Waals surface area (Å²) in [6, 6.07) is 0.598. The maximum Gasteiger partial charge on any atom is 0.0752 e. The summed E-state index contributed by atoms with van der Waals surface area (Å²) < 4.78 is 0.944. The largest absolute Gasteiger partial charge is 0.396 e. The standard InChI is InChI=1S/C9H12BrN3/c10-7-4-12-5-8(11)9(7)13-6-2-1-3-6/h4-6H,1-3,11H2,(H,12,13). The van der Waals surface area contributed by atoms with Crippen LogP contribution in [0.5, 0.6) is 0 Å². The molecule has 0 unspecified atom stereocenters. The molecule has 3 N–H and O–H groups in total. The van der Waals surface area contributed by atoms with Crippen molar-refractivity contribution in [2.45, 2.75) is 25.3 Å². The predicted octanol–water partition coefficient (Wildman–Crippen LogP) is 2.39. The fourth-order valence-electron chi connectivity index (χ4n) is 1.36. The molecular weight excluding hydrogens is 230 g/mol. The molecule has 0 aromatic carbocycles. The number of aromatic nitrogens is 1. The van der Waals surface area contributed by atoms with Crippen LogP contribution in [0.2, 0.25) is 0 Å². The highest BCUT2D eigenvalue weighted by atomic mass is 79.9. The minimum Gasteiger partial charge on any atom is -0.396 e. The van der Waals surface area contributed by atoms with Gasteiger partial charge in [-0.2, -0.15) is 0 Å². The molecule has 1 heterocycles. The molecule has 13 heavy (non-hydrogen) atoms. The first kappa shape index (κ1) is 8.81. The second kappa shape index (κ2) is 3.54. The van der Waals surface area contributed by atoms with Crippen LogP contribution in [0.25, 0.3) is 0 Å². The third-order valence-electron chi connectivity index (χ3n) is 2.38. The topological polar surface area (TPSA) is 50.9 Å². The Hall–Kier alpha value is -0.770. The molecule has 1 saturated carbocycles. The number of anilines is 2. The van der Waals surface area contributed by atoms with E-state index in [0.29, 0.717) is 11.7 Å². The molecule has 70 valence electrons. The van der Waals surface area contributed by atoms with Gasteiger partial charge in [-0.3, -0.25) is 4.98 Å². The zero-order valence-corrected chi connectivity index (χ0v) is 8.84. The van der Waals surface area contributed by atoms with Crippen molar-refractivity contribution >= 4 is 27.3 Å². The summed E-state index contributed by atoms with van der Waals surface area (Å²) in [7, 11) is 0. The molecule has 1 aromatic heterocycles. The maximum absolute atomic E-state index is 5.79. The third-order valence-corrected chi connectivity index (χ3v) is 2.98. The van der Waals surface area contributed by atoms with Gasteiger partial charge in [0.25, 0.3) is 0 Å². The van der Waals surface area contributed by atoms with Crippen molar-refractivity contribution in [1.29, 1.82) is 0 Å². The number of halogens is 1. The van der Waals surface area contributed by atoms with E-state index in [9.17, 15) is 0 Å². The Kier molecular flexibility index (Phi) is 2.40. The van der Waals surface area contributed by atoms with E-state index >= 15 is 0 Å².